The summed E-state index contributed by atoms with van der Waals surface area (Å²) in [4.78, 5) is 23.6. The van der Waals surface area contributed by atoms with Crippen molar-refractivity contribution in [1.82, 2.24) is 0 Å². The molecule has 22 heavy (non-hydrogen) atoms. The molecule has 0 radical (unpaired) electrons. The van der Waals surface area contributed by atoms with Crippen LogP contribution in [-0.2, 0) is 9.59 Å². The summed E-state index contributed by atoms with van der Waals surface area (Å²) < 4.78 is 10.4. The lowest BCUT2D eigenvalue weighted by Crippen LogP contribution is -2.19. The second-order valence-corrected chi connectivity index (χ2v) is 4.96. The fraction of sp³-hybridized carbons (Fsp3) is 0.222. The van der Waals surface area contributed by atoms with Gasteiger partial charge in [-0.1, -0.05) is 43.3 Å². The van der Waals surface area contributed by atoms with Gasteiger partial charge in [-0.05, 0) is 30.7 Å². The van der Waals surface area contributed by atoms with Crippen LogP contribution in [0.3, 0.4) is 0 Å². The highest BCUT2D eigenvalue weighted by molar-refractivity contribution is 5.76. The Morgan fingerprint density at radius 1 is 0.864 bits per heavy atom. The molecule has 0 aromatic heterocycles. The molecule has 0 fully saturated rings. The molecule has 0 saturated heterocycles. The lowest BCUT2D eigenvalue weighted by molar-refractivity contribution is -0.139. The summed E-state index contributed by atoms with van der Waals surface area (Å²) in [5, 5.41) is 0. The van der Waals surface area contributed by atoms with Crippen molar-refractivity contribution in [2.45, 2.75) is 19.8 Å². The first-order valence-corrected chi connectivity index (χ1v) is 7.17. The van der Waals surface area contributed by atoms with Gasteiger partial charge in [0.25, 0.3) is 0 Å². The van der Waals surface area contributed by atoms with Gasteiger partial charge in [0.1, 0.15) is 11.5 Å². The van der Waals surface area contributed by atoms with E-state index in [0.29, 0.717) is 17.9 Å². The van der Waals surface area contributed by atoms with Gasteiger partial charge in [-0.15, -0.1) is 0 Å². The first-order valence-electron chi connectivity index (χ1n) is 7.17. The number of para-hydroxylation sites is 2. The third-order valence-electron chi connectivity index (χ3n) is 3.12. The summed E-state index contributed by atoms with van der Waals surface area (Å²) in [6.07, 6.45) is 0.553. The van der Waals surface area contributed by atoms with Crippen molar-refractivity contribution in [3.05, 3.63) is 60.7 Å². The Morgan fingerprint density at radius 2 is 1.36 bits per heavy atom. The molecule has 0 bridgehead atoms. The minimum absolute atomic E-state index is 0.167. The molecule has 114 valence electrons. The summed E-state index contributed by atoms with van der Waals surface area (Å²) in [6.45, 7) is 1.74. The van der Waals surface area contributed by atoms with E-state index >= 15 is 0 Å². The Kier molecular flexibility index (Phi) is 5.72. The summed E-state index contributed by atoms with van der Waals surface area (Å²) in [5.74, 6) is -0.0639. The van der Waals surface area contributed by atoms with Crippen LogP contribution in [0.1, 0.15) is 19.8 Å². The maximum Gasteiger partial charge on any atom is 0.314 e. The van der Waals surface area contributed by atoms with Crippen LogP contribution in [0.2, 0.25) is 0 Å². The van der Waals surface area contributed by atoms with Crippen LogP contribution in [0.15, 0.2) is 60.7 Å². The Balaban J connectivity index is 1.76. The topological polar surface area (TPSA) is 52.6 Å². The van der Waals surface area contributed by atoms with Crippen molar-refractivity contribution in [3.8, 4) is 11.5 Å². The number of ether oxygens (including phenoxy) is 2. The van der Waals surface area contributed by atoms with Crippen molar-refractivity contribution in [1.29, 1.82) is 0 Å². The number of esters is 2. The van der Waals surface area contributed by atoms with Gasteiger partial charge in [-0.3, -0.25) is 9.59 Å². The van der Waals surface area contributed by atoms with E-state index in [4.69, 9.17) is 9.47 Å². The zero-order valence-electron chi connectivity index (χ0n) is 12.4. The summed E-state index contributed by atoms with van der Waals surface area (Å²) in [7, 11) is 0. The molecule has 0 saturated carbocycles. The quantitative estimate of drug-likeness (QED) is 0.604. The average Bonchev–Trinajstić information content (AvgIpc) is 2.54. The van der Waals surface area contributed by atoms with E-state index in [9.17, 15) is 9.59 Å². The zero-order chi connectivity index (χ0) is 15.8. The summed E-state index contributed by atoms with van der Waals surface area (Å²) >= 11 is 0. The van der Waals surface area contributed by atoms with Crippen molar-refractivity contribution >= 4 is 11.9 Å². The van der Waals surface area contributed by atoms with E-state index in [1.54, 1.807) is 55.5 Å². The molecule has 0 aliphatic rings. The van der Waals surface area contributed by atoms with Crippen LogP contribution >= 0.6 is 0 Å². The van der Waals surface area contributed by atoms with Crippen molar-refractivity contribution in [2.24, 2.45) is 5.92 Å². The Morgan fingerprint density at radius 3 is 1.91 bits per heavy atom. The van der Waals surface area contributed by atoms with Gasteiger partial charge in [0.15, 0.2) is 0 Å². The molecule has 0 aliphatic carbocycles. The molecule has 2 aromatic carbocycles. The number of benzene rings is 2. The fourth-order valence-corrected chi connectivity index (χ4v) is 1.83. The van der Waals surface area contributed by atoms with Crippen molar-refractivity contribution in [3.63, 3.8) is 0 Å². The smallest absolute Gasteiger partial charge is 0.314 e. The molecular formula is C18H18O4. The minimum Gasteiger partial charge on any atom is -0.427 e. The molecule has 4 heteroatoms. The molecule has 1 atom stereocenters. The van der Waals surface area contributed by atoms with Gasteiger partial charge in [0.05, 0.1) is 5.92 Å². The van der Waals surface area contributed by atoms with Crippen LogP contribution in [0, 0.1) is 5.92 Å². The van der Waals surface area contributed by atoms with Gasteiger partial charge in [0.2, 0.25) is 0 Å². The predicted octanol–water partition coefficient (Wildman–Crippen LogP) is 3.61. The number of rotatable bonds is 6. The monoisotopic (exact) mass is 298 g/mol. The van der Waals surface area contributed by atoms with E-state index in [0.717, 1.165) is 0 Å². The average molecular weight is 298 g/mol. The van der Waals surface area contributed by atoms with Crippen LogP contribution in [0.5, 0.6) is 11.5 Å². The lowest BCUT2D eigenvalue weighted by Gasteiger charge is -2.10. The Bertz CT molecular complexity index is 607. The highest BCUT2D eigenvalue weighted by atomic mass is 16.5. The molecule has 4 nitrogen and oxygen atoms in total. The Labute approximate surface area is 129 Å². The largest absolute Gasteiger partial charge is 0.427 e. The normalized spacial score (nSPS) is 11.5. The fourth-order valence-electron chi connectivity index (χ4n) is 1.83. The Hall–Kier alpha value is -2.62. The van der Waals surface area contributed by atoms with E-state index < -0.39 is 0 Å². The first kappa shape index (κ1) is 15.8. The highest BCUT2D eigenvalue weighted by Gasteiger charge is 2.17. The first-order chi connectivity index (χ1) is 10.6. The predicted molar refractivity (Wildman–Crippen MR) is 82.6 cm³/mol. The van der Waals surface area contributed by atoms with E-state index in [1.807, 2.05) is 12.1 Å². The maximum atomic E-state index is 11.9. The van der Waals surface area contributed by atoms with Crippen LogP contribution < -0.4 is 9.47 Å². The number of carbonyl (C=O) groups is 2. The second kappa shape index (κ2) is 7.98. The van der Waals surface area contributed by atoms with Gasteiger partial charge >= 0.3 is 11.9 Å². The van der Waals surface area contributed by atoms with Crippen molar-refractivity contribution in [2.75, 3.05) is 0 Å². The van der Waals surface area contributed by atoms with E-state index in [2.05, 4.69) is 0 Å². The maximum absolute atomic E-state index is 11.9. The number of carbonyl (C=O) groups excluding carboxylic acids is 2. The molecule has 2 rings (SSSR count). The standard InChI is InChI=1S/C18H18O4/c1-14(18(20)22-16-10-6-3-7-11-16)12-13-17(19)21-15-8-4-2-5-9-15/h2-11,14H,12-13H2,1H3. The molecule has 0 spiro atoms. The molecule has 1 unspecified atom stereocenters. The van der Waals surface area contributed by atoms with Gasteiger partial charge < -0.3 is 9.47 Å². The molecule has 0 amide bonds. The third-order valence-corrected chi connectivity index (χ3v) is 3.12. The number of hydrogen-bond donors (Lipinski definition) is 0. The van der Waals surface area contributed by atoms with E-state index in [1.165, 1.54) is 0 Å². The van der Waals surface area contributed by atoms with Crippen LogP contribution in [0.25, 0.3) is 0 Å². The lowest BCUT2D eigenvalue weighted by atomic mass is 10.1. The van der Waals surface area contributed by atoms with Crippen LogP contribution in [0.4, 0.5) is 0 Å². The molecule has 2 aromatic rings. The molecule has 0 N–H and O–H groups in total. The van der Waals surface area contributed by atoms with Crippen LogP contribution in [-0.4, -0.2) is 11.9 Å². The minimum atomic E-state index is -0.372. The van der Waals surface area contributed by atoms with Gasteiger partial charge in [0, 0.05) is 6.42 Å². The summed E-state index contributed by atoms with van der Waals surface area (Å²) in [5.41, 5.74) is 0. The van der Waals surface area contributed by atoms with E-state index in [-0.39, 0.29) is 24.3 Å². The van der Waals surface area contributed by atoms with Gasteiger partial charge in [-0.25, -0.2) is 0 Å². The molecular weight excluding hydrogens is 280 g/mol. The van der Waals surface area contributed by atoms with Crippen molar-refractivity contribution < 1.29 is 19.1 Å². The molecule has 0 aliphatic heterocycles. The summed E-state index contributed by atoms with van der Waals surface area (Å²) in [6, 6.07) is 17.7. The third kappa shape index (κ3) is 5.05. The second-order valence-electron chi connectivity index (χ2n) is 4.96. The highest BCUT2D eigenvalue weighted by Crippen LogP contribution is 2.15. The zero-order valence-corrected chi connectivity index (χ0v) is 12.4. The SMILES string of the molecule is CC(CCC(=O)Oc1ccccc1)C(=O)Oc1ccccc1. The number of hydrogen-bond acceptors (Lipinski definition) is 4. The van der Waals surface area contributed by atoms with Gasteiger partial charge in [-0.2, -0.15) is 0 Å². The molecule has 0 heterocycles.